The van der Waals surface area contributed by atoms with Gasteiger partial charge in [0.15, 0.2) is 0 Å². The predicted molar refractivity (Wildman–Crippen MR) is 50.1 cm³/mol. The monoisotopic (exact) mass is 168 g/mol. The Morgan fingerprint density at radius 3 is 2.42 bits per heavy atom. The second kappa shape index (κ2) is 5.58. The fourth-order valence-corrected chi connectivity index (χ4v) is 0.837. The second-order valence-corrected chi connectivity index (χ2v) is 2.82. The van der Waals surface area contributed by atoms with Gasteiger partial charge in [-0.25, -0.2) is 4.79 Å². The van der Waals surface area contributed by atoms with E-state index in [4.69, 9.17) is 5.11 Å². The molecule has 0 aromatic carbocycles. The molecular weight excluding hydrogens is 152 g/mol. The first kappa shape index (κ1) is 11.0. The average molecular weight is 168 g/mol. The van der Waals surface area contributed by atoms with Gasteiger partial charge in [-0.15, -0.1) is 0 Å². The molecule has 2 heteroatoms. The van der Waals surface area contributed by atoms with Crippen molar-refractivity contribution in [2.24, 2.45) is 0 Å². The molecule has 0 saturated heterocycles. The van der Waals surface area contributed by atoms with Crippen molar-refractivity contribution in [3.63, 3.8) is 0 Å². The number of hydrogen-bond donors (Lipinski definition) is 1. The molecule has 0 radical (unpaired) electrons. The minimum absolute atomic E-state index is 0.472. The largest absolute Gasteiger partial charge is 0.478 e. The van der Waals surface area contributed by atoms with Crippen LogP contribution < -0.4 is 0 Å². The first-order valence-electron chi connectivity index (χ1n) is 4.10. The molecule has 0 unspecified atom stereocenters. The molecule has 0 aliphatic rings. The van der Waals surface area contributed by atoms with Crippen LogP contribution in [0.25, 0.3) is 0 Å². The van der Waals surface area contributed by atoms with Gasteiger partial charge in [-0.05, 0) is 33.6 Å². The minimum atomic E-state index is -0.812. The van der Waals surface area contributed by atoms with Gasteiger partial charge in [-0.2, -0.15) is 0 Å². The third-order valence-electron chi connectivity index (χ3n) is 1.88. The van der Waals surface area contributed by atoms with Gasteiger partial charge in [-0.3, -0.25) is 0 Å². The van der Waals surface area contributed by atoms with Crippen molar-refractivity contribution < 1.29 is 9.90 Å². The lowest BCUT2D eigenvalue weighted by Crippen LogP contribution is -1.99. The van der Waals surface area contributed by atoms with Crippen molar-refractivity contribution in [2.75, 3.05) is 0 Å². The molecule has 2 nitrogen and oxygen atoms in total. The van der Waals surface area contributed by atoms with Crippen LogP contribution in [0.5, 0.6) is 0 Å². The zero-order valence-electron chi connectivity index (χ0n) is 7.92. The van der Waals surface area contributed by atoms with Gasteiger partial charge < -0.3 is 5.11 Å². The van der Waals surface area contributed by atoms with Crippen LogP contribution in [0.3, 0.4) is 0 Å². The Morgan fingerprint density at radius 2 is 2.00 bits per heavy atom. The third kappa shape index (κ3) is 3.96. The second-order valence-electron chi connectivity index (χ2n) is 2.82. The van der Waals surface area contributed by atoms with E-state index >= 15 is 0 Å². The van der Waals surface area contributed by atoms with Crippen LogP contribution >= 0.6 is 0 Å². The highest BCUT2D eigenvalue weighted by molar-refractivity contribution is 5.86. The standard InChI is InChI=1S/C10H16O2/c1-4-5-6-7-8(2)9(3)10(11)12/h4-5H,6-7H2,1-3H3,(H,11,12). The molecule has 0 aromatic rings. The molecule has 0 aliphatic heterocycles. The highest BCUT2D eigenvalue weighted by Crippen LogP contribution is 2.10. The quantitative estimate of drug-likeness (QED) is 0.517. The summed E-state index contributed by atoms with van der Waals surface area (Å²) in [4.78, 5) is 10.5. The summed E-state index contributed by atoms with van der Waals surface area (Å²) in [5, 5.41) is 8.63. The average Bonchev–Trinajstić information content (AvgIpc) is 2.03. The summed E-state index contributed by atoms with van der Waals surface area (Å²) >= 11 is 0. The molecule has 0 saturated carbocycles. The van der Waals surface area contributed by atoms with Crippen molar-refractivity contribution in [1.82, 2.24) is 0 Å². The summed E-state index contributed by atoms with van der Waals surface area (Å²) in [5.41, 5.74) is 1.43. The molecule has 0 aliphatic carbocycles. The van der Waals surface area contributed by atoms with Crippen LogP contribution in [0.15, 0.2) is 23.3 Å². The molecule has 0 amide bonds. The maximum Gasteiger partial charge on any atom is 0.331 e. The molecule has 0 fully saturated rings. The number of rotatable bonds is 4. The molecule has 12 heavy (non-hydrogen) atoms. The maximum atomic E-state index is 10.5. The van der Waals surface area contributed by atoms with E-state index in [2.05, 4.69) is 0 Å². The fourth-order valence-electron chi connectivity index (χ4n) is 0.837. The van der Waals surface area contributed by atoms with Crippen molar-refractivity contribution in [2.45, 2.75) is 33.6 Å². The summed E-state index contributed by atoms with van der Waals surface area (Å²) in [7, 11) is 0. The van der Waals surface area contributed by atoms with E-state index in [0.29, 0.717) is 5.57 Å². The van der Waals surface area contributed by atoms with Crippen LogP contribution in [0.4, 0.5) is 0 Å². The minimum Gasteiger partial charge on any atom is -0.478 e. The normalized spacial score (nSPS) is 13.2. The van der Waals surface area contributed by atoms with Crippen LogP contribution in [-0.4, -0.2) is 11.1 Å². The Kier molecular flexibility index (Phi) is 5.09. The van der Waals surface area contributed by atoms with Gasteiger partial charge in [0.25, 0.3) is 0 Å². The van der Waals surface area contributed by atoms with Gasteiger partial charge in [0, 0.05) is 5.57 Å². The van der Waals surface area contributed by atoms with Crippen LogP contribution in [0.2, 0.25) is 0 Å². The topological polar surface area (TPSA) is 37.3 Å². The smallest absolute Gasteiger partial charge is 0.331 e. The van der Waals surface area contributed by atoms with Crippen molar-refractivity contribution in [3.05, 3.63) is 23.3 Å². The first-order valence-corrected chi connectivity index (χ1v) is 4.10. The van der Waals surface area contributed by atoms with Gasteiger partial charge in [0.05, 0.1) is 0 Å². The Morgan fingerprint density at radius 1 is 1.42 bits per heavy atom. The van der Waals surface area contributed by atoms with Crippen molar-refractivity contribution in [3.8, 4) is 0 Å². The summed E-state index contributed by atoms with van der Waals surface area (Å²) in [6.07, 6.45) is 5.78. The number of carboxylic acid groups (broad SMARTS) is 1. The molecule has 0 heterocycles. The van der Waals surface area contributed by atoms with Gasteiger partial charge in [0.1, 0.15) is 0 Å². The predicted octanol–water partition coefficient (Wildman–Crippen LogP) is 2.76. The van der Waals surface area contributed by atoms with E-state index in [1.54, 1.807) is 6.92 Å². The van der Waals surface area contributed by atoms with E-state index in [9.17, 15) is 4.79 Å². The molecule has 68 valence electrons. The molecular formula is C10H16O2. The van der Waals surface area contributed by atoms with Crippen molar-refractivity contribution >= 4 is 5.97 Å². The number of carbonyl (C=O) groups is 1. The van der Waals surface area contributed by atoms with Crippen molar-refractivity contribution in [1.29, 1.82) is 0 Å². The summed E-state index contributed by atoms with van der Waals surface area (Å²) in [6, 6.07) is 0. The van der Waals surface area contributed by atoms with Gasteiger partial charge >= 0.3 is 5.97 Å². The lowest BCUT2D eigenvalue weighted by atomic mass is 10.1. The highest BCUT2D eigenvalue weighted by atomic mass is 16.4. The summed E-state index contributed by atoms with van der Waals surface area (Å²) < 4.78 is 0. The zero-order chi connectivity index (χ0) is 9.56. The number of hydrogen-bond acceptors (Lipinski definition) is 1. The number of allylic oxidation sites excluding steroid dienone is 3. The van der Waals surface area contributed by atoms with E-state index < -0.39 is 5.97 Å². The first-order chi connectivity index (χ1) is 5.59. The molecule has 0 aromatic heterocycles. The molecule has 0 spiro atoms. The van der Waals surface area contributed by atoms with Gasteiger partial charge in [0.2, 0.25) is 0 Å². The maximum absolute atomic E-state index is 10.5. The van der Waals surface area contributed by atoms with Crippen LogP contribution in [-0.2, 0) is 4.79 Å². The highest BCUT2D eigenvalue weighted by Gasteiger charge is 2.03. The van der Waals surface area contributed by atoms with E-state index in [1.165, 1.54) is 0 Å². The molecule has 0 rings (SSSR count). The van der Waals surface area contributed by atoms with Gasteiger partial charge in [-0.1, -0.05) is 17.7 Å². The third-order valence-corrected chi connectivity index (χ3v) is 1.88. The van der Waals surface area contributed by atoms with Crippen LogP contribution in [0, 0.1) is 0 Å². The number of aliphatic carboxylic acids is 1. The SMILES string of the molecule is CC=CCCC(C)=C(C)C(=O)O. The van der Waals surface area contributed by atoms with Crippen LogP contribution in [0.1, 0.15) is 33.6 Å². The lowest BCUT2D eigenvalue weighted by molar-refractivity contribution is -0.132. The Hall–Kier alpha value is -1.05. The number of carboxylic acids is 1. The molecule has 0 bridgehead atoms. The zero-order valence-corrected chi connectivity index (χ0v) is 7.92. The summed E-state index contributed by atoms with van der Waals surface area (Å²) in [5.74, 6) is -0.812. The van der Waals surface area contributed by atoms with E-state index in [0.717, 1.165) is 18.4 Å². The van der Waals surface area contributed by atoms with E-state index in [1.807, 2.05) is 26.0 Å². The molecule has 1 N–H and O–H groups in total. The summed E-state index contributed by atoms with van der Waals surface area (Å²) in [6.45, 7) is 5.48. The fraction of sp³-hybridized carbons (Fsp3) is 0.500. The van der Waals surface area contributed by atoms with E-state index in [-0.39, 0.29) is 0 Å². The Bertz CT molecular complexity index is 212. The lowest BCUT2D eigenvalue weighted by Gasteiger charge is -2.00. The molecule has 0 atom stereocenters. The Labute approximate surface area is 73.6 Å². The Balaban J connectivity index is 4.08.